The van der Waals surface area contributed by atoms with Crippen LogP contribution in [0.4, 0.5) is 10.1 Å². The van der Waals surface area contributed by atoms with Gasteiger partial charge in [-0.15, -0.1) is 0 Å². The number of imidazole rings is 1. The van der Waals surface area contributed by atoms with Crippen LogP contribution in [0.15, 0.2) is 72.8 Å². The van der Waals surface area contributed by atoms with Crippen LogP contribution in [0.25, 0.3) is 11.0 Å². The van der Waals surface area contributed by atoms with Crippen LogP contribution in [0.2, 0.25) is 0 Å². The van der Waals surface area contributed by atoms with E-state index in [1.54, 1.807) is 17.0 Å². The number of rotatable bonds is 6. The van der Waals surface area contributed by atoms with Gasteiger partial charge in [0.2, 0.25) is 5.91 Å². The van der Waals surface area contributed by atoms with Gasteiger partial charge in [0.15, 0.2) is 0 Å². The molecule has 0 radical (unpaired) electrons. The van der Waals surface area contributed by atoms with Crippen molar-refractivity contribution in [3.8, 4) is 5.75 Å². The van der Waals surface area contributed by atoms with Crippen molar-refractivity contribution >= 4 is 22.6 Å². The molecule has 1 saturated heterocycles. The lowest BCUT2D eigenvalue weighted by Crippen LogP contribution is -2.25. The monoisotopic (exact) mass is 429 g/mol. The highest BCUT2D eigenvalue weighted by Gasteiger charge is 2.36. The van der Waals surface area contributed by atoms with Gasteiger partial charge in [0.25, 0.3) is 0 Å². The van der Waals surface area contributed by atoms with E-state index in [4.69, 9.17) is 9.72 Å². The molecule has 0 unspecified atom stereocenters. The number of nitrogens with zero attached hydrogens (tertiary/aromatic N) is 3. The molecular weight excluding hydrogens is 405 g/mol. The van der Waals surface area contributed by atoms with Gasteiger partial charge in [-0.3, -0.25) is 4.79 Å². The number of aromatic nitrogens is 2. The van der Waals surface area contributed by atoms with Crippen LogP contribution >= 0.6 is 0 Å². The highest BCUT2D eigenvalue weighted by Crippen LogP contribution is 2.37. The molecule has 1 aliphatic heterocycles. The maximum atomic E-state index is 14.4. The van der Waals surface area contributed by atoms with E-state index >= 15 is 0 Å². The SMILES string of the molecule is CCOc1ccccc1N1C[C@@H](c2nc3ccccc3n2Cc2ccccc2F)CC1=O. The molecule has 5 rings (SSSR count). The molecule has 32 heavy (non-hydrogen) atoms. The molecule has 1 aromatic heterocycles. The highest BCUT2D eigenvalue weighted by atomic mass is 19.1. The molecule has 4 aromatic rings. The second kappa shape index (κ2) is 8.46. The zero-order valence-electron chi connectivity index (χ0n) is 17.9. The van der Waals surface area contributed by atoms with Crippen LogP contribution in [0.3, 0.4) is 0 Å². The summed E-state index contributed by atoms with van der Waals surface area (Å²) >= 11 is 0. The average Bonchev–Trinajstić information content (AvgIpc) is 3.36. The number of anilines is 1. The minimum atomic E-state index is -0.244. The van der Waals surface area contributed by atoms with E-state index < -0.39 is 0 Å². The maximum Gasteiger partial charge on any atom is 0.227 e. The van der Waals surface area contributed by atoms with E-state index in [0.717, 1.165) is 22.5 Å². The van der Waals surface area contributed by atoms with Crippen LogP contribution in [0.1, 0.15) is 30.7 Å². The first-order chi connectivity index (χ1) is 15.7. The number of halogens is 1. The van der Waals surface area contributed by atoms with Crippen molar-refractivity contribution in [3.05, 3.63) is 90.0 Å². The summed E-state index contributed by atoms with van der Waals surface area (Å²) in [5, 5.41) is 0. The fraction of sp³-hybridized carbons (Fsp3) is 0.231. The molecular formula is C26H24FN3O2. The fourth-order valence-corrected chi connectivity index (χ4v) is 4.44. The van der Waals surface area contributed by atoms with Gasteiger partial charge < -0.3 is 14.2 Å². The number of para-hydroxylation sites is 4. The van der Waals surface area contributed by atoms with E-state index in [-0.39, 0.29) is 17.6 Å². The Labute approximate surface area is 186 Å². The minimum absolute atomic E-state index is 0.0339. The van der Waals surface area contributed by atoms with Crippen LogP contribution in [-0.2, 0) is 11.3 Å². The summed E-state index contributed by atoms with van der Waals surface area (Å²) in [4.78, 5) is 19.7. The molecule has 1 fully saturated rings. The minimum Gasteiger partial charge on any atom is -0.492 e. The first kappa shape index (κ1) is 20.2. The van der Waals surface area contributed by atoms with Crippen molar-refractivity contribution < 1.29 is 13.9 Å². The van der Waals surface area contributed by atoms with Crippen LogP contribution in [0.5, 0.6) is 5.75 Å². The molecule has 6 heteroatoms. The van der Waals surface area contributed by atoms with Gasteiger partial charge >= 0.3 is 0 Å². The number of hydrogen-bond acceptors (Lipinski definition) is 3. The Kier molecular flexibility index (Phi) is 5.35. The van der Waals surface area contributed by atoms with E-state index in [1.165, 1.54) is 6.07 Å². The number of hydrogen-bond donors (Lipinski definition) is 0. The highest BCUT2D eigenvalue weighted by molar-refractivity contribution is 5.97. The first-order valence-corrected chi connectivity index (χ1v) is 10.9. The molecule has 1 aliphatic rings. The van der Waals surface area contributed by atoms with Gasteiger partial charge in [-0.1, -0.05) is 42.5 Å². The quantitative estimate of drug-likeness (QED) is 0.426. The largest absolute Gasteiger partial charge is 0.492 e. The summed E-state index contributed by atoms with van der Waals surface area (Å²) < 4.78 is 22.2. The number of ether oxygens (including phenoxy) is 1. The molecule has 5 nitrogen and oxygen atoms in total. The van der Waals surface area contributed by atoms with E-state index in [2.05, 4.69) is 0 Å². The number of benzene rings is 3. The summed E-state index contributed by atoms with van der Waals surface area (Å²) in [6.07, 6.45) is 0.348. The van der Waals surface area contributed by atoms with Crippen molar-refractivity contribution in [2.45, 2.75) is 25.8 Å². The predicted octanol–water partition coefficient (Wildman–Crippen LogP) is 5.14. The van der Waals surface area contributed by atoms with Crippen LogP contribution in [-0.4, -0.2) is 28.6 Å². The van der Waals surface area contributed by atoms with Gasteiger partial charge in [-0.2, -0.15) is 0 Å². The van der Waals surface area contributed by atoms with Crippen molar-refractivity contribution in [1.82, 2.24) is 9.55 Å². The molecule has 3 aromatic carbocycles. The van der Waals surface area contributed by atoms with Crippen LogP contribution in [0, 0.1) is 5.82 Å². The third-order valence-electron chi connectivity index (χ3n) is 5.92. The van der Waals surface area contributed by atoms with Crippen molar-refractivity contribution in [1.29, 1.82) is 0 Å². The number of fused-ring (bicyclic) bond motifs is 1. The molecule has 1 atom stereocenters. The lowest BCUT2D eigenvalue weighted by atomic mass is 10.1. The zero-order chi connectivity index (χ0) is 22.1. The maximum absolute atomic E-state index is 14.4. The molecule has 0 spiro atoms. The van der Waals surface area contributed by atoms with E-state index in [9.17, 15) is 9.18 Å². The van der Waals surface area contributed by atoms with Gasteiger partial charge in [-0.05, 0) is 37.3 Å². The van der Waals surface area contributed by atoms with E-state index in [0.29, 0.717) is 37.4 Å². The zero-order valence-corrected chi connectivity index (χ0v) is 17.9. The predicted molar refractivity (Wildman–Crippen MR) is 123 cm³/mol. The lowest BCUT2D eigenvalue weighted by Gasteiger charge is -2.20. The van der Waals surface area contributed by atoms with Crippen molar-refractivity contribution in [3.63, 3.8) is 0 Å². The Morgan fingerprint density at radius 3 is 2.62 bits per heavy atom. The molecule has 0 N–H and O–H groups in total. The van der Waals surface area contributed by atoms with Gasteiger partial charge in [0, 0.05) is 24.4 Å². The van der Waals surface area contributed by atoms with Crippen molar-refractivity contribution in [2.24, 2.45) is 0 Å². The van der Waals surface area contributed by atoms with Crippen LogP contribution < -0.4 is 9.64 Å². The molecule has 0 saturated carbocycles. The average molecular weight is 429 g/mol. The van der Waals surface area contributed by atoms with Gasteiger partial charge in [0.1, 0.15) is 17.4 Å². The third kappa shape index (κ3) is 3.62. The van der Waals surface area contributed by atoms with Gasteiger partial charge in [0.05, 0.1) is 29.9 Å². The Morgan fingerprint density at radius 1 is 1.03 bits per heavy atom. The standard InChI is InChI=1S/C26H24FN3O2/c1-2-32-24-14-8-7-13-23(24)29-17-19(15-25(29)31)26-28-21-11-5-6-12-22(21)30(26)16-18-9-3-4-10-20(18)27/h3-14,19H,2,15-17H2,1H3/t19-/m0/s1. The topological polar surface area (TPSA) is 47.4 Å². The lowest BCUT2D eigenvalue weighted by molar-refractivity contribution is -0.117. The Bertz CT molecular complexity index is 1280. The third-order valence-corrected chi connectivity index (χ3v) is 5.92. The first-order valence-electron chi connectivity index (χ1n) is 10.9. The Balaban J connectivity index is 1.53. The van der Waals surface area contributed by atoms with E-state index in [1.807, 2.05) is 66.1 Å². The molecule has 2 heterocycles. The molecule has 0 aliphatic carbocycles. The number of carbonyl (C=O) groups excluding carboxylic acids is 1. The smallest absolute Gasteiger partial charge is 0.227 e. The number of amides is 1. The van der Waals surface area contributed by atoms with Gasteiger partial charge in [-0.25, -0.2) is 9.37 Å². The summed E-state index contributed by atoms with van der Waals surface area (Å²) in [6.45, 7) is 3.32. The Hall–Kier alpha value is -3.67. The second-order valence-electron chi connectivity index (χ2n) is 7.94. The second-order valence-corrected chi connectivity index (χ2v) is 7.94. The van der Waals surface area contributed by atoms with Crippen molar-refractivity contribution in [2.75, 3.05) is 18.1 Å². The molecule has 1 amide bonds. The fourth-order valence-electron chi connectivity index (χ4n) is 4.44. The summed E-state index contributed by atoms with van der Waals surface area (Å²) in [5.41, 5.74) is 3.16. The summed E-state index contributed by atoms with van der Waals surface area (Å²) in [7, 11) is 0. The molecule has 162 valence electrons. The number of carbonyl (C=O) groups is 1. The summed E-state index contributed by atoms with van der Waals surface area (Å²) in [5.74, 6) is 1.19. The normalized spacial score (nSPS) is 16.1. The Morgan fingerprint density at radius 2 is 1.78 bits per heavy atom. The summed E-state index contributed by atoms with van der Waals surface area (Å²) in [6, 6.07) is 22.2. The molecule has 0 bridgehead atoms.